The molecule has 0 radical (unpaired) electrons. The molecule has 0 atom stereocenters. The molecular weight excluding hydrogens is 474 g/mol. The summed E-state index contributed by atoms with van der Waals surface area (Å²) in [7, 11) is -0.876. The minimum absolute atomic E-state index is 0.108. The van der Waals surface area contributed by atoms with Crippen LogP contribution in [0.5, 0.6) is 5.75 Å². The van der Waals surface area contributed by atoms with E-state index < -0.39 is 15.9 Å². The molecule has 4 rings (SSSR count). The SMILES string of the molecule is CONC(=O)c1cnc(C(=O)NC2CC2)cc1Nc1ccc(OCC2CC2)cc1N(C)S(C)(=O)=O. The molecule has 2 amide bonds. The van der Waals surface area contributed by atoms with Crippen molar-refractivity contribution in [2.75, 3.05) is 36.6 Å². The third-order valence-corrected chi connectivity index (χ3v) is 6.94. The first-order valence-electron chi connectivity index (χ1n) is 11.3. The first kappa shape index (κ1) is 24.7. The average Bonchev–Trinajstić information content (AvgIpc) is 3.73. The van der Waals surface area contributed by atoms with E-state index in [9.17, 15) is 18.0 Å². The molecule has 12 heteroatoms. The van der Waals surface area contributed by atoms with Gasteiger partial charge in [-0.2, -0.15) is 0 Å². The highest BCUT2D eigenvalue weighted by Gasteiger charge is 2.26. The molecule has 0 spiro atoms. The minimum Gasteiger partial charge on any atom is -0.493 e. The van der Waals surface area contributed by atoms with E-state index in [1.54, 1.807) is 18.2 Å². The van der Waals surface area contributed by atoms with Crippen LogP contribution in [0.25, 0.3) is 0 Å². The van der Waals surface area contributed by atoms with Crippen LogP contribution >= 0.6 is 0 Å². The Balaban J connectivity index is 1.70. The number of anilines is 3. The number of aromatic nitrogens is 1. The third-order valence-electron chi connectivity index (χ3n) is 5.75. The van der Waals surface area contributed by atoms with Crippen LogP contribution in [0, 0.1) is 5.92 Å². The maximum absolute atomic E-state index is 12.6. The van der Waals surface area contributed by atoms with Crippen molar-refractivity contribution in [3.05, 3.63) is 41.7 Å². The summed E-state index contributed by atoms with van der Waals surface area (Å²) in [5, 5.41) is 5.97. The van der Waals surface area contributed by atoms with Gasteiger partial charge < -0.3 is 15.4 Å². The zero-order valence-corrected chi connectivity index (χ0v) is 20.6. The van der Waals surface area contributed by atoms with Crippen molar-refractivity contribution in [1.82, 2.24) is 15.8 Å². The molecule has 2 fully saturated rings. The van der Waals surface area contributed by atoms with Crippen molar-refractivity contribution in [2.45, 2.75) is 31.7 Å². The fourth-order valence-electron chi connectivity index (χ4n) is 3.29. The normalized spacial score (nSPS) is 15.3. The Bertz CT molecular complexity index is 1230. The number of rotatable bonds is 11. The monoisotopic (exact) mass is 503 g/mol. The Kier molecular flexibility index (Phi) is 7.13. The molecule has 2 saturated carbocycles. The number of carbonyl (C=O) groups is 2. The lowest BCUT2D eigenvalue weighted by Crippen LogP contribution is -2.28. The van der Waals surface area contributed by atoms with Gasteiger partial charge in [-0.05, 0) is 49.8 Å². The summed E-state index contributed by atoms with van der Waals surface area (Å²) < 4.78 is 31.7. The van der Waals surface area contributed by atoms with E-state index in [0.717, 1.165) is 36.2 Å². The van der Waals surface area contributed by atoms with Gasteiger partial charge in [0.2, 0.25) is 10.0 Å². The van der Waals surface area contributed by atoms with Gasteiger partial charge in [-0.15, -0.1) is 0 Å². The van der Waals surface area contributed by atoms with Crippen molar-refractivity contribution in [1.29, 1.82) is 0 Å². The molecule has 1 aromatic carbocycles. The largest absolute Gasteiger partial charge is 0.493 e. The minimum atomic E-state index is -3.61. The van der Waals surface area contributed by atoms with Crippen LogP contribution in [0.4, 0.5) is 17.1 Å². The average molecular weight is 504 g/mol. The van der Waals surface area contributed by atoms with Crippen LogP contribution in [0.2, 0.25) is 0 Å². The summed E-state index contributed by atoms with van der Waals surface area (Å²) in [6.45, 7) is 0.569. The standard InChI is InChI=1S/C23H29N5O6S/c1-28(35(3,31)32)21-10-16(34-13-14-4-5-14)8-9-18(21)26-19-11-20(23(30)25-15-6-7-15)24-12-17(19)22(29)27-33-2/h8-12,14-15H,4-7,13H2,1-3H3,(H,24,26)(H,25,30)(H,27,29). The van der Waals surface area contributed by atoms with Crippen LogP contribution in [0.3, 0.4) is 0 Å². The van der Waals surface area contributed by atoms with E-state index >= 15 is 0 Å². The van der Waals surface area contributed by atoms with Gasteiger partial charge >= 0.3 is 0 Å². The second-order valence-corrected chi connectivity index (χ2v) is 10.8. The zero-order chi connectivity index (χ0) is 25.2. The van der Waals surface area contributed by atoms with Crippen LogP contribution in [-0.4, -0.2) is 58.3 Å². The van der Waals surface area contributed by atoms with Gasteiger partial charge in [0, 0.05) is 25.4 Å². The van der Waals surface area contributed by atoms with E-state index in [-0.39, 0.29) is 28.9 Å². The summed E-state index contributed by atoms with van der Waals surface area (Å²) in [5.41, 5.74) is 3.43. The molecule has 2 aliphatic carbocycles. The van der Waals surface area contributed by atoms with Crippen molar-refractivity contribution >= 4 is 38.9 Å². The molecule has 2 aliphatic rings. The fraction of sp³-hybridized carbons (Fsp3) is 0.435. The number of nitrogens with one attached hydrogen (secondary N) is 3. The molecule has 1 heterocycles. The molecule has 2 aromatic rings. The molecule has 0 bridgehead atoms. The van der Waals surface area contributed by atoms with E-state index in [1.807, 2.05) is 0 Å². The highest BCUT2D eigenvalue weighted by molar-refractivity contribution is 7.92. The van der Waals surface area contributed by atoms with Crippen LogP contribution in [-0.2, 0) is 14.9 Å². The summed E-state index contributed by atoms with van der Waals surface area (Å²) >= 11 is 0. The number of sulfonamides is 1. The van der Waals surface area contributed by atoms with Crippen LogP contribution in [0.15, 0.2) is 30.5 Å². The summed E-state index contributed by atoms with van der Waals surface area (Å²) in [6.07, 6.45) is 6.45. The first-order chi connectivity index (χ1) is 16.7. The van der Waals surface area contributed by atoms with Gasteiger partial charge in [-0.1, -0.05) is 0 Å². The number of pyridine rings is 1. The first-order valence-corrected chi connectivity index (χ1v) is 13.1. The van der Waals surface area contributed by atoms with Crippen molar-refractivity contribution in [3.8, 4) is 5.75 Å². The molecule has 0 saturated heterocycles. The number of ether oxygens (including phenoxy) is 1. The summed E-state index contributed by atoms with van der Waals surface area (Å²) in [6, 6.07) is 6.60. The highest BCUT2D eigenvalue weighted by Crippen LogP contribution is 2.36. The number of benzene rings is 1. The van der Waals surface area contributed by atoms with Gasteiger partial charge in [-0.3, -0.25) is 23.7 Å². The lowest BCUT2D eigenvalue weighted by molar-refractivity contribution is 0.0538. The third kappa shape index (κ3) is 6.40. The molecular formula is C23H29N5O6S. The van der Waals surface area contributed by atoms with Gasteiger partial charge in [0.15, 0.2) is 0 Å². The van der Waals surface area contributed by atoms with Gasteiger partial charge in [0.25, 0.3) is 11.8 Å². The number of carbonyl (C=O) groups excluding carboxylic acids is 2. The fourth-order valence-corrected chi connectivity index (χ4v) is 3.80. The molecule has 0 aliphatic heterocycles. The number of hydroxylamine groups is 1. The second-order valence-electron chi connectivity index (χ2n) is 8.79. The Morgan fingerprint density at radius 2 is 1.86 bits per heavy atom. The Labute approximate surface area is 204 Å². The van der Waals surface area contributed by atoms with Crippen LogP contribution < -0.4 is 25.2 Å². The van der Waals surface area contributed by atoms with Gasteiger partial charge in [0.05, 0.1) is 42.6 Å². The van der Waals surface area contributed by atoms with Gasteiger partial charge in [0.1, 0.15) is 11.4 Å². The summed E-state index contributed by atoms with van der Waals surface area (Å²) in [4.78, 5) is 34.0. The number of hydrogen-bond donors (Lipinski definition) is 3. The maximum Gasteiger partial charge on any atom is 0.278 e. The zero-order valence-electron chi connectivity index (χ0n) is 19.8. The highest BCUT2D eigenvalue weighted by atomic mass is 32.2. The maximum atomic E-state index is 12.6. The quantitative estimate of drug-likeness (QED) is 0.397. The van der Waals surface area contributed by atoms with E-state index in [2.05, 4.69) is 21.1 Å². The molecule has 0 unspecified atom stereocenters. The Morgan fingerprint density at radius 1 is 1.11 bits per heavy atom. The molecule has 35 heavy (non-hydrogen) atoms. The lowest BCUT2D eigenvalue weighted by atomic mass is 10.1. The number of hydrogen-bond acceptors (Lipinski definition) is 8. The topological polar surface area (TPSA) is 139 Å². The Hall–Kier alpha value is -3.38. The molecule has 1 aromatic heterocycles. The predicted octanol–water partition coefficient (Wildman–Crippen LogP) is 2.19. The smallest absolute Gasteiger partial charge is 0.278 e. The van der Waals surface area contributed by atoms with E-state index in [0.29, 0.717) is 29.6 Å². The summed E-state index contributed by atoms with van der Waals surface area (Å²) in [5.74, 6) is 0.123. The van der Waals surface area contributed by atoms with E-state index in [4.69, 9.17) is 9.57 Å². The van der Waals surface area contributed by atoms with Crippen LogP contribution in [0.1, 0.15) is 46.5 Å². The second kappa shape index (κ2) is 10.1. The number of amides is 2. The lowest BCUT2D eigenvalue weighted by Gasteiger charge is -2.23. The predicted molar refractivity (Wildman–Crippen MR) is 130 cm³/mol. The van der Waals surface area contributed by atoms with Crippen molar-refractivity contribution < 1.29 is 27.6 Å². The molecule has 188 valence electrons. The van der Waals surface area contributed by atoms with Crippen molar-refractivity contribution in [2.24, 2.45) is 5.92 Å². The van der Waals surface area contributed by atoms with Crippen molar-refractivity contribution in [3.63, 3.8) is 0 Å². The van der Waals surface area contributed by atoms with Gasteiger partial charge in [-0.25, -0.2) is 13.9 Å². The number of nitrogens with zero attached hydrogens (tertiary/aromatic N) is 2. The molecule has 11 nitrogen and oxygen atoms in total. The van der Waals surface area contributed by atoms with E-state index in [1.165, 1.54) is 26.4 Å². The molecule has 3 N–H and O–H groups in total. The Morgan fingerprint density at radius 3 is 2.49 bits per heavy atom.